The van der Waals surface area contributed by atoms with E-state index in [2.05, 4.69) is 4.98 Å². The lowest BCUT2D eigenvalue weighted by atomic mass is 9.83. The van der Waals surface area contributed by atoms with Gasteiger partial charge in [0.05, 0.1) is 12.4 Å². The molecule has 12 heteroatoms. The Balaban J connectivity index is 0.000000339. The standard InChI is InChI=1S/C17H22N2O4S.C2HF3O2/c20-16(9-13-4-5-13)19-11-17(12-19)14(6-8-24(17,21)22)10-23-15-3-1-2-7-18-15;3-2(4,5)1(6)7/h1-3,7,13-14H,4-6,8-12H2;(H,6,7). The first-order chi connectivity index (χ1) is 14.4. The Bertz CT molecular complexity index is 912. The average molecular weight is 464 g/mol. The Labute approximate surface area is 177 Å². The molecule has 1 amide bonds. The Morgan fingerprint density at radius 1 is 1.23 bits per heavy atom. The van der Waals surface area contributed by atoms with E-state index in [9.17, 15) is 26.4 Å². The minimum Gasteiger partial charge on any atom is -0.477 e. The first kappa shape index (κ1) is 23.3. The van der Waals surface area contributed by atoms with Gasteiger partial charge in [0.2, 0.25) is 11.8 Å². The van der Waals surface area contributed by atoms with Crippen molar-refractivity contribution in [2.24, 2.45) is 11.8 Å². The average Bonchev–Trinajstić information content (AvgIpc) is 3.41. The summed E-state index contributed by atoms with van der Waals surface area (Å²) in [5.41, 5.74) is 0. The van der Waals surface area contributed by atoms with E-state index in [1.165, 1.54) is 0 Å². The monoisotopic (exact) mass is 464 g/mol. The van der Waals surface area contributed by atoms with E-state index in [-0.39, 0.29) is 17.6 Å². The fourth-order valence-electron chi connectivity index (χ4n) is 3.80. The van der Waals surface area contributed by atoms with Gasteiger partial charge in [-0.1, -0.05) is 6.07 Å². The van der Waals surface area contributed by atoms with Crippen molar-refractivity contribution in [3.63, 3.8) is 0 Å². The van der Waals surface area contributed by atoms with Crippen molar-refractivity contribution in [3.05, 3.63) is 24.4 Å². The number of hydrogen-bond donors (Lipinski definition) is 1. The second-order valence-corrected chi connectivity index (χ2v) is 10.5. The molecule has 0 radical (unpaired) electrons. The first-order valence-electron chi connectivity index (χ1n) is 9.78. The van der Waals surface area contributed by atoms with Gasteiger partial charge in [0, 0.05) is 37.7 Å². The lowest BCUT2D eigenvalue weighted by molar-refractivity contribution is -0.192. The summed E-state index contributed by atoms with van der Waals surface area (Å²) in [5, 5.41) is 7.12. The number of sulfone groups is 1. The third-order valence-electron chi connectivity index (χ3n) is 5.84. The van der Waals surface area contributed by atoms with Crippen LogP contribution in [0.4, 0.5) is 13.2 Å². The number of aromatic nitrogens is 1. The summed E-state index contributed by atoms with van der Waals surface area (Å²) in [7, 11) is -3.18. The molecule has 1 unspecified atom stereocenters. The molecule has 1 aliphatic carbocycles. The molecule has 172 valence electrons. The molecule has 3 heterocycles. The number of halogens is 3. The minimum absolute atomic E-state index is 0.0746. The van der Waals surface area contributed by atoms with E-state index in [0.29, 0.717) is 44.3 Å². The number of alkyl halides is 3. The summed E-state index contributed by atoms with van der Waals surface area (Å²) in [5.74, 6) is -1.50. The first-order valence-corrected chi connectivity index (χ1v) is 11.4. The van der Waals surface area contributed by atoms with Crippen molar-refractivity contribution in [3.8, 4) is 5.88 Å². The molecule has 3 fully saturated rings. The van der Waals surface area contributed by atoms with Gasteiger partial charge >= 0.3 is 12.1 Å². The van der Waals surface area contributed by atoms with E-state index >= 15 is 0 Å². The maximum atomic E-state index is 12.6. The Morgan fingerprint density at radius 2 is 1.87 bits per heavy atom. The molecule has 4 rings (SSSR count). The normalized spacial score (nSPS) is 23.5. The van der Waals surface area contributed by atoms with Crippen molar-refractivity contribution in [1.82, 2.24) is 9.88 Å². The predicted octanol–water partition coefficient (Wildman–Crippen LogP) is 1.91. The molecule has 1 spiro atoms. The van der Waals surface area contributed by atoms with Crippen LogP contribution in [0.1, 0.15) is 25.7 Å². The van der Waals surface area contributed by atoms with Gasteiger partial charge in [-0.2, -0.15) is 13.2 Å². The van der Waals surface area contributed by atoms with Crippen molar-refractivity contribution in [2.45, 2.75) is 36.6 Å². The quantitative estimate of drug-likeness (QED) is 0.708. The van der Waals surface area contributed by atoms with Gasteiger partial charge in [0.1, 0.15) is 4.75 Å². The number of ether oxygens (including phenoxy) is 1. The van der Waals surface area contributed by atoms with E-state index in [1.54, 1.807) is 17.2 Å². The molecule has 0 bridgehead atoms. The summed E-state index contributed by atoms with van der Waals surface area (Å²) >= 11 is 0. The van der Waals surface area contributed by atoms with Crippen LogP contribution in [0.15, 0.2) is 24.4 Å². The number of carbonyl (C=O) groups is 2. The molecule has 2 saturated heterocycles. The zero-order valence-electron chi connectivity index (χ0n) is 16.5. The van der Waals surface area contributed by atoms with E-state index in [0.717, 1.165) is 12.8 Å². The highest BCUT2D eigenvalue weighted by atomic mass is 32.2. The van der Waals surface area contributed by atoms with Crippen LogP contribution in [0.2, 0.25) is 0 Å². The van der Waals surface area contributed by atoms with Crippen molar-refractivity contribution >= 4 is 21.7 Å². The number of carbonyl (C=O) groups excluding carboxylic acids is 1. The SMILES string of the molecule is O=C(CC1CC1)N1CC2(C1)C(COc1ccccn1)CCS2(=O)=O.O=C(O)C(F)(F)F. The highest BCUT2D eigenvalue weighted by Gasteiger charge is 2.62. The molecule has 8 nitrogen and oxygen atoms in total. The number of carboxylic acids is 1. The molecule has 1 aromatic rings. The molecular weight excluding hydrogens is 441 g/mol. The van der Waals surface area contributed by atoms with Gasteiger partial charge in [-0.05, 0) is 31.2 Å². The topological polar surface area (TPSA) is 114 Å². The Morgan fingerprint density at radius 3 is 2.39 bits per heavy atom. The van der Waals surface area contributed by atoms with Gasteiger partial charge in [0.25, 0.3) is 0 Å². The van der Waals surface area contributed by atoms with Crippen molar-refractivity contribution in [2.75, 3.05) is 25.4 Å². The largest absolute Gasteiger partial charge is 0.490 e. The smallest absolute Gasteiger partial charge is 0.477 e. The molecule has 1 N–H and O–H groups in total. The zero-order valence-corrected chi connectivity index (χ0v) is 17.4. The number of carboxylic acid groups (broad SMARTS) is 1. The third kappa shape index (κ3) is 5.28. The third-order valence-corrected chi connectivity index (χ3v) is 8.44. The molecule has 1 saturated carbocycles. The highest BCUT2D eigenvalue weighted by molar-refractivity contribution is 7.93. The van der Waals surface area contributed by atoms with Gasteiger partial charge in [0.15, 0.2) is 9.84 Å². The number of amides is 1. The van der Waals surface area contributed by atoms with Crippen molar-refractivity contribution in [1.29, 1.82) is 0 Å². The van der Waals surface area contributed by atoms with Gasteiger partial charge in [-0.15, -0.1) is 0 Å². The number of nitrogens with zero attached hydrogens (tertiary/aromatic N) is 2. The van der Waals surface area contributed by atoms with Crippen LogP contribution in [0.3, 0.4) is 0 Å². The highest BCUT2D eigenvalue weighted by Crippen LogP contribution is 2.45. The van der Waals surface area contributed by atoms with Crippen LogP contribution in [0.25, 0.3) is 0 Å². The van der Waals surface area contributed by atoms with Crippen LogP contribution in [-0.2, 0) is 19.4 Å². The fourth-order valence-corrected chi connectivity index (χ4v) is 6.20. The molecule has 3 aliphatic rings. The predicted molar refractivity (Wildman–Crippen MR) is 102 cm³/mol. The molecule has 1 aromatic heterocycles. The number of pyridine rings is 1. The molecular formula is C19H23F3N2O6S. The summed E-state index contributed by atoms with van der Waals surface area (Å²) in [4.78, 5) is 26.9. The zero-order chi connectivity index (χ0) is 22.9. The molecule has 1 atom stereocenters. The lowest BCUT2D eigenvalue weighted by Crippen LogP contribution is -2.69. The van der Waals surface area contributed by atoms with Crippen LogP contribution in [0.5, 0.6) is 5.88 Å². The second-order valence-electron chi connectivity index (χ2n) is 8.05. The summed E-state index contributed by atoms with van der Waals surface area (Å²) < 4.78 is 61.8. The second kappa shape index (κ2) is 8.64. The number of rotatable bonds is 5. The number of aliphatic carboxylic acids is 1. The van der Waals surface area contributed by atoms with Gasteiger partial charge in [-0.3, -0.25) is 4.79 Å². The van der Waals surface area contributed by atoms with Gasteiger partial charge < -0.3 is 14.7 Å². The maximum absolute atomic E-state index is 12.6. The summed E-state index contributed by atoms with van der Waals surface area (Å²) in [6, 6.07) is 5.41. The fraction of sp³-hybridized carbons (Fsp3) is 0.632. The Kier molecular flexibility index (Phi) is 6.49. The van der Waals surface area contributed by atoms with Crippen LogP contribution >= 0.6 is 0 Å². The minimum atomic E-state index is -5.08. The Hall–Kier alpha value is -2.37. The molecule has 2 aliphatic heterocycles. The van der Waals surface area contributed by atoms with Crippen molar-refractivity contribution < 1.29 is 41.0 Å². The van der Waals surface area contributed by atoms with Crippen LogP contribution in [-0.4, -0.2) is 71.7 Å². The maximum Gasteiger partial charge on any atom is 0.490 e. The van der Waals surface area contributed by atoms with E-state index < -0.39 is 26.7 Å². The van der Waals surface area contributed by atoms with E-state index in [1.807, 2.05) is 12.1 Å². The van der Waals surface area contributed by atoms with Gasteiger partial charge in [-0.25, -0.2) is 18.2 Å². The van der Waals surface area contributed by atoms with E-state index in [4.69, 9.17) is 14.6 Å². The summed E-state index contributed by atoms with van der Waals surface area (Å²) in [6.45, 7) is 0.995. The molecule has 31 heavy (non-hydrogen) atoms. The molecule has 0 aromatic carbocycles. The van der Waals surface area contributed by atoms with Crippen LogP contribution in [0, 0.1) is 11.8 Å². The number of likely N-dealkylation sites (tertiary alicyclic amines) is 1. The van der Waals surface area contributed by atoms with Crippen LogP contribution < -0.4 is 4.74 Å². The number of hydrogen-bond acceptors (Lipinski definition) is 6. The lowest BCUT2D eigenvalue weighted by Gasteiger charge is -2.49. The summed E-state index contributed by atoms with van der Waals surface area (Å²) in [6.07, 6.45) is -0.00367.